The van der Waals surface area contributed by atoms with Crippen LogP contribution in [0.2, 0.25) is 0 Å². The van der Waals surface area contributed by atoms with E-state index >= 15 is 0 Å². The Balaban J connectivity index is 2.21. The quantitative estimate of drug-likeness (QED) is 0.337. The summed E-state index contributed by atoms with van der Waals surface area (Å²) in [4.78, 5) is 4.50. The Kier molecular flexibility index (Phi) is 8.78. The molecule has 6 nitrogen and oxygen atoms in total. The highest BCUT2D eigenvalue weighted by atomic mass is 32.2. The van der Waals surface area contributed by atoms with Crippen molar-refractivity contribution >= 4 is 15.8 Å². The summed E-state index contributed by atoms with van der Waals surface area (Å²) < 4.78 is 27.9. The Labute approximate surface area is 135 Å². The summed E-state index contributed by atoms with van der Waals surface area (Å²) in [5.74, 6) is 1.74. The first-order valence-electron chi connectivity index (χ1n) is 8.21. The van der Waals surface area contributed by atoms with Crippen LogP contribution in [0.3, 0.4) is 0 Å². The zero-order valence-corrected chi connectivity index (χ0v) is 14.9. The summed E-state index contributed by atoms with van der Waals surface area (Å²) in [7, 11) is -2.91. The standard InChI is InChI=1S/C15H31N3O3S/c1-4-16-15(18-13(2)8-11-22(3,19)20)17-9-5-10-21-12-14-6-7-14/h13-14H,4-12H2,1-3H3,(H2,16,17,18). The van der Waals surface area contributed by atoms with Crippen LogP contribution in [0.25, 0.3) is 0 Å². The van der Waals surface area contributed by atoms with Gasteiger partial charge in [0.1, 0.15) is 9.84 Å². The number of hydrogen-bond donors (Lipinski definition) is 2. The fourth-order valence-electron chi connectivity index (χ4n) is 1.91. The second-order valence-electron chi connectivity index (χ2n) is 6.10. The van der Waals surface area contributed by atoms with Crippen molar-refractivity contribution in [2.75, 3.05) is 38.3 Å². The van der Waals surface area contributed by atoms with E-state index in [2.05, 4.69) is 15.6 Å². The van der Waals surface area contributed by atoms with Gasteiger partial charge in [-0.2, -0.15) is 0 Å². The SMILES string of the molecule is CCNC(=NCCCOCC1CC1)NC(C)CCS(C)(=O)=O. The van der Waals surface area contributed by atoms with Gasteiger partial charge in [-0.15, -0.1) is 0 Å². The third-order valence-corrected chi connectivity index (χ3v) is 4.39. The molecular formula is C15H31N3O3S. The number of sulfone groups is 1. The minimum absolute atomic E-state index is 0.0682. The first kappa shape index (κ1) is 19.2. The van der Waals surface area contributed by atoms with Gasteiger partial charge in [0.25, 0.3) is 0 Å². The maximum Gasteiger partial charge on any atom is 0.191 e. The second kappa shape index (κ2) is 10.0. The lowest BCUT2D eigenvalue weighted by molar-refractivity contribution is 0.123. The molecule has 1 aliphatic carbocycles. The van der Waals surface area contributed by atoms with Crippen LogP contribution >= 0.6 is 0 Å². The lowest BCUT2D eigenvalue weighted by Gasteiger charge is -2.17. The summed E-state index contributed by atoms with van der Waals surface area (Å²) in [6, 6.07) is 0.0682. The first-order chi connectivity index (χ1) is 10.4. The van der Waals surface area contributed by atoms with Crippen molar-refractivity contribution in [2.45, 2.75) is 45.6 Å². The first-order valence-corrected chi connectivity index (χ1v) is 10.3. The summed E-state index contributed by atoms with van der Waals surface area (Å²) in [5.41, 5.74) is 0. The van der Waals surface area contributed by atoms with Gasteiger partial charge in [-0.05, 0) is 45.4 Å². The molecule has 0 bridgehead atoms. The van der Waals surface area contributed by atoms with Gasteiger partial charge in [0, 0.05) is 38.6 Å². The van der Waals surface area contributed by atoms with Gasteiger partial charge in [-0.1, -0.05) is 0 Å². The van der Waals surface area contributed by atoms with Crippen LogP contribution in [0.5, 0.6) is 0 Å². The van der Waals surface area contributed by atoms with E-state index in [9.17, 15) is 8.42 Å². The smallest absolute Gasteiger partial charge is 0.191 e. The van der Waals surface area contributed by atoms with Gasteiger partial charge in [-0.25, -0.2) is 8.42 Å². The van der Waals surface area contributed by atoms with E-state index in [1.807, 2.05) is 13.8 Å². The lowest BCUT2D eigenvalue weighted by Crippen LogP contribution is -2.43. The van der Waals surface area contributed by atoms with Gasteiger partial charge in [0.2, 0.25) is 0 Å². The maximum atomic E-state index is 11.2. The van der Waals surface area contributed by atoms with Gasteiger partial charge in [0.05, 0.1) is 5.75 Å². The fourth-order valence-corrected chi connectivity index (χ4v) is 2.69. The van der Waals surface area contributed by atoms with Crippen LogP contribution in [0.4, 0.5) is 0 Å². The lowest BCUT2D eigenvalue weighted by atomic mass is 10.3. The number of nitrogens with zero attached hydrogens (tertiary/aromatic N) is 1. The number of nitrogens with one attached hydrogen (secondary N) is 2. The molecule has 1 rings (SSSR count). The third kappa shape index (κ3) is 10.8. The highest BCUT2D eigenvalue weighted by molar-refractivity contribution is 7.90. The topological polar surface area (TPSA) is 79.8 Å². The molecule has 0 spiro atoms. The van der Waals surface area contributed by atoms with Gasteiger partial charge in [0.15, 0.2) is 5.96 Å². The zero-order chi connectivity index (χ0) is 16.4. The predicted molar refractivity (Wildman–Crippen MR) is 91.1 cm³/mol. The monoisotopic (exact) mass is 333 g/mol. The number of ether oxygens (including phenoxy) is 1. The van der Waals surface area contributed by atoms with E-state index in [1.165, 1.54) is 19.1 Å². The van der Waals surface area contributed by atoms with E-state index in [0.29, 0.717) is 13.0 Å². The van der Waals surface area contributed by atoms with E-state index in [4.69, 9.17) is 4.74 Å². The summed E-state index contributed by atoms with van der Waals surface area (Å²) >= 11 is 0. The Morgan fingerprint density at radius 3 is 2.73 bits per heavy atom. The summed E-state index contributed by atoms with van der Waals surface area (Å²) in [5, 5.41) is 6.42. The molecule has 1 atom stereocenters. The molecule has 0 saturated heterocycles. The molecular weight excluding hydrogens is 302 g/mol. The average Bonchev–Trinajstić information content (AvgIpc) is 3.24. The fraction of sp³-hybridized carbons (Fsp3) is 0.933. The van der Waals surface area contributed by atoms with Crippen molar-refractivity contribution in [3.8, 4) is 0 Å². The maximum absolute atomic E-state index is 11.2. The van der Waals surface area contributed by atoms with Crippen molar-refractivity contribution in [1.82, 2.24) is 10.6 Å². The number of aliphatic imine (C=N–C) groups is 1. The molecule has 1 unspecified atom stereocenters. The molecule has 7 heteroatoms. The second-order valence-corrected chi connectivity index (χ2v) is 8.36. The molecule has 0 heterocycles. The molecule has 130 valence electrons. The molecule has 1 saturated carbocycles. The largest absolute Gasteiger partial charge is 0.381 e. The van der Waals surface area contributed by atoms with Crippen LogP contribution in [-0.4, -0.2) is 58.7 Å². The normalized spacial score (nSPS) is 17.3. The van der Waals surface area contributed by atoms with Crippen LogP contribution < -0.4 is 10.6 Å². The molecule has 22 heavy (non-hydrogen) atoms. The van der Waals surface area contributed by atoms with Crippen molar-refractivity contribution in [3.05, 3.63) is 0 Å². The van der Waals surface area contributed by atoms with Crippen molar-refractivity contribution < 1.29 is 13.2 Å². The molecule has 2 N–H and O–H groups in total. The van der Waals surface area contributed by atoms with Crippen LogP contribution in [0.1, 0.15) is 39.5 Å². The third-order valence-electron chi connectivity index (χ3n) is 3.42. The molecule has 0 aromatic heterocycles. The molecule has 0 amide bonds. The number of rotatable bonds is 11. The van der Waals surface area contributed by atoms with Crippen molar-refractivity contribution in [1.29, 1.82) is 0 Å². The Bertz CT molecular complexity index is 433. The Morgan fingerprint density at radius 2 is 2.14 bits per heavy atom. The van der Waals surface area contributed by atoms with Gasteiger partial charge < -0.3 is 15.4 Å². The minimum Gasteiger partial charge on any atom is -0.381 e. The predicted octanol–water partition coefficient (Wildman–Crippen LogP) is 1.18. The molecule has 0 aromatic rings. The molecule has 0 aliphatic heterocycles. The number of hydrogen-bond acceptors (Lipinski definition) is 4. The number of guanidine groups is 1. The van der Waals surface area contributed by atoms with Crippen LogP contribution in [0, 0.1) is 5.92 Å². The van der Waals surface area contributed by atoms with Crippen molar-refractivity contribution in [2.24, 2.45) is 10.9 Å². The van der Waals surface area contributed by atoms with E-state index in [-0.39, 0.29) is 11.8 Å². The molecule has 1 fully saturated rings. The highest BCUT2D eigenvalue weighted by Crippen LogP contribution is 2.28. The highest BCUT2D eigenvalue weighted by Gasteiger charge is 2.20. The van der Waals surface area contributed by atoms with Gasteiger partial charge >= 0.3 is 0 Å². The van der Waals surface area contributed by atoms with Gasteiger partial charge in [-0.3, -0.25) is 4.99 Å². The Morgan fingerprint density at radius 1 is 1.41 bits per heavy atom. The van der Waals surface area contributed by atoms with Crippen molar-refractivity contribution in [3.63, 3.8) is 0 Å². The van der Waals surface area contributed by atoms with E-state index in [0.717, 1.165) is 38.1 Å². The zero-order valence-electron chi connectivity index (χ0n) is 14.1. The minimum atomic E-state index is -2.91. The van der Waals surface area contributed by atoms with E-state index in [1.54, 1.807) is 0 Å². The summed E-state index contributed by atoms with van der Waals surface area (Å²) in [6.45, 7) is 7.11. The molecule has 0 radical (unpaired) electrons. The van der Waals surface area contributed by atoms with E-state index < -0.39 is 9.84 Å². The van der Waals surface area contributed by atoms with Crippen LogP contribution in [0.15, 0.2) is 4.99 Å². The molecule has 0 aromatic carbocycles. The van der Waals surface area contributed by atoms with Crippen LogP contribution in [-0.2, 0) is 14.6 Å². The Hall–Kier alpha value is -0.820. The average molecular weight is 333 g/mol. The summed E-state index contributed by atoms with van der Waals surface area (Å²) in [6.07, 6.45) is 5.38. The molecule has 1 aliphatic rings.